The Kier molecular flexibility index (Phi) is 7.40. The number of ether oxygens (including phenoxy) is 1. The highest BCUT2D eigenvalue weighted by atomic mass is 16.6. The molecule has 1 aromatic carbocycles. The summed E-state index contributed by atoms with van der Waals surface area (Å²) in [6.07, 6.45) is 2.60. The normalized spacial score (nSPS) is 16.4. The molecule has 178 valence electrons. The predicted molar refractivity (Wildman–Crippen MR) is 129 cm³/mol. The summed E-state index contributed by atoms with van der Waals surface area (Å²) in [5.41, 5.74) is 7.52. The maximum absolute atomic E-state index is 13.0. The van der Waals surface area contributed by atoms with Gasteiger partial charge in [0.1, 0.15) is 29.1 Å². The Morgan fingerprint density at radius 3 is 2.52 bits per heavy atom. The zero-order chi connectivity index (χ0) is 24.2. The molecule has 9 nitrogen and oxygen atoms in total. The first kappa shape index (κ1) is 24.3. The third kappa shape index (κ3) is 6.57. The molecule has 0 radical (unpaired) electrons. The van der Waals surface area contributed by atoms with Gasteiger partial charge in [-0.05, 0) is 57.2 Å². The molecule has 1 aliphatic rings. The number of likely N-dealkylation sites (tertiary alicyclic amines) is 1. The van der Waals surface area contributed by atoms with E-state index in [4.69, 9.17) is 10.5 Å². The Hall–Kier alpha value is -3.36. The third-order valence-corrected chi connectivity index (χ3v) is 5.35. The van der Waals surface area contributed by atoms with Crippen molar-refractivity contribution in [3.8, 4) is 0 Å². The van der Waals surface area contributed by atoms with Gasteiger partial charge in [0.15, 0.2) is 0 Å². The lowest BCUT2D eigenvalue weighted by Gasteiger charge is -2.34. The van der Waals surface area contributed by atoms with E-state index >= 15 is 0 Å². The highest BCUT2D eigenvalue weighted by Crippen LogP contribution is 2.24. The topological polar surface area (TPSA) is 122 Å². The Balaban J connectivity index is 1.72. The number of hydrogen-bond donors (Lipinski definition) is 3. The van der Waals surface area contributed by atoms with Gasteiger partial charge in [0.25, 0.3) is 5.91 Å². The molecular weight excluding hydrogens is 420 g/mol. The monoisotopic (exact) mass is 454 g/mol. The first-order chi connectivity index (χ1) is 15.5. The van der Waals surface area contributed by atoms with Gasteiger partial charge < -0.3 is 26.0 Å². The minimum atomic E-state index is -0.558. The van der Waals surface area contributed by atoms with E-state index in [1.165, 1.54) is 11.9 Å². The lowest BCUT2D eigenvalue weighted by molar-refractivity contribution is 0.0206. The van der Waals surface area contributed by atoms with E-state index in [1.54, 1.807) is 4.90 Å². The van der Waals surface area contributed by atoms with Gasteiger partial charge in [0.2, 0.25) is 0 Å². The minimum Gasteiger partial charge on any atom is -0.444 e. The molecule has 2 heterocycles. The van der Waals surface area contributed by atoms with Crippen LogP contribution in [0.1, 0.15) is 69.3 Å². The molecule has 1 atom stereocenters. The number of nitrogens with one attached hydrogen (secondary N) is 2. The van der Waals surface area contributed by atoms with Crippen molar-refractivity contribution >= 4 is 29.3 Å². The number of amides is 2. The number of nitrogens with zero attached hydrogens (tertiary/aromatic N) is 3. The summed E-state index contributed by atoms with van der Waals surface area (Å²) in [5, 5.41) is 6.16. The van der Waals surface area contributed by atoms with Crippen LogP contribution in [0.4, 0.5) is 22.1 Å². The molecule has 0 saturated carbocycles. The second-order valence-electron chi connectivity index (χ2n) is 9.62. The molecule has 0 bridgehead atoms. The number of anilines is 3. The van der Waals surface area contributed by atoms with Gasteiger partial charge >= 0.3 is 6.09 Å². The lowest BCUT2D eigenvalue weighted by atomic mass is 10.0. The van der Waals surface area contributed by atoms with Gasteiger partial charge in [-0.2, -0.15) is 0 Å². The standard InChI is InChI=1S/C24H34N6O3/c1-15(2)16-8-10-17(11-9-16)29-22(31)19-20(25)26-14-27-21(19)28-18-7-6-12-30(13-18)23(32)33-24(3,4)5/h8-11,14-15,18H,6-7,12-13H2,1-5H3,(H,29,31)(H3,25,26,27,28)/t18-/m1/s1. The number of aromatic nitrogens is 2. The molecule has 3 rings (SSSR count). The van der Waals surface area contributed by atoms with Crippen molar-refractivity contribution < 1.29 is 14.3 Å². The molecule has 2 aromatic rings. The summed E-state index contributed by atoms with van der Waals surface area (Å²) < 4.78 is 5.50. The Bertz CT molecular complexity index is 985. The number of nitrogen functional groups attached to an aromatic ring is 1. The van der Waals surface area contributed by atoms with Crippen LogP contribution in [0.3, 0.4) is 0 Å². The van der Waals surface area contributed by atoms with Crippen LogP contribution in [0.5, 0.6) is 0 Å². The molecule has 9 heteroatoms. The first-order valence-corrected chi connectivity index (χ1v) is 11.3. The number of benzene rings is 1. The number of rotatable bonds is 5. The van der Waals surface area contributed by atoms with Gasteiger partial charge in [-0.15, -0.1) is 0 Å². The average Bonchev–Trinajstić information content (AvgIpc) is 2.73. The molecule has 1 fully saturated rings. The summed E-state index contributed by atoms with van der Waals surface area (Å²) in [4.78, 5) is 35.5. The number of piperidine rings is 1. The van der Waals surface area contributed by atoms with E-state index in [0.717, 1.165) is 12.8 Å². The van der Waals surface area contributed by atoms with Crippen LogP contribution in [0.25, 0.3) is 0 Å². The maximum Gasteiger partial charge on any atom is 0.410 e. The molecule has 1 saturated heterocycles. The minimum absolute atomic E-state index is 0.0867. The average molecular weight is 455 g/mol. The highest BCUT2D eigenvalue weighted by Gasteiger charge is 2.29. The van der Waals surface area contributed by atoms with Crippen molar-refractivity contribution in [2.75, 3.05) is 29.5 Å². The van der Waals surface area contributed by atoms with E-state index in [9.17, 15) is 9.59 Å². The van der Waals surface area contributed by atoms with Crippen molar-refractivity contribution in [2.24, 2.45) is 0 Å². The van der Waals surface area contributed by atoms with Gasteiger partial charge in [-0.3, -0.25) is 4.79 Å². The number of nitrogens with two attached hydrogens (primary N) is 1. The van der Waals surface area contributed by atoms with Crippen LogP contribution < -0.4 is 16.4 Å². The van der Waals surface area contributed by atoms with Gasteiger partial charge in [-0.25, -0.2) is 14.8 Å². The number of carbonyl (C=O) groups is 2. The Morgan fingerprint density at radius 2 is 1.88 bits per heavy atom. The van der Waals surface area contributed by atoms with E-state index < -0.39 is 11.5 Å². The zero-order valence-electron chi connectivity index (χ0n) is 20.0. The van der Waals surface area contributed by atoms with E-state index in [1.807, 2.05) is 45.0 Å². The first-order valence-electron chi connectivity index (χ1n) is 11.3. The summed E-state index contributed by atoms with van der Waals surface area (Å²) in [6, 6.07) is 7.59. The van der Waals surface area contributed by atoms with Crippen molar-refractivity contribution in [3.05, 3.63) is 41.7 Å². The molecule has 0 aliphatic carbocycles. The molecule has 33 heavy (non-hydrogen) atoms. The molecule has 0 spiro atoms. The smallest absolute Gasteiger partial charge is 0.410 e. The van der Waals surface area contributed by atoms with Crippen LogP contribution >= 0.6 is 0 Å². The second kappa shape index (κ2) is 10.1. The summed E-state index contributed by atoms with van der Waals surface area (Å²) >= 11 is 0. The summed E-state index contributed by atoms with van der Waals surface area (Å²) in [6.45, 7) is 10.8. The molecular formula is C24H34N6O3. The van der Waals surface area contributed by atoms with Crippen LogP contribution in [0, 0.1) is 0 Å². The highest BCUT2D eigenvalue weighted by molar-refractivity contribution is 6.10. The van der Waals surface area contributed by atoms with Crippen LogP contribution in [0.15, 0.2) is 30.6 Å². The van der Waals surface area contributed by atoms with Crippen molar-refractivity contribution in [1.29, 1.82) is 0 Å². The van der Waals surface area contributed by atoms with Crippen LogP contribution in [-0.2, 0) is 4.74 Å². The van der Waals surface area contributed by atoms with Gasteiger partial charge in [0.05, 0.1) is 0 Å². The largest absolute Gasteiger partial charge is 0.444 e. The Labute approximate surface area is 195 Å². The van der Waals surface area contributed by atoms with Crippen molar-refractivity contribution in [2.45, 2.75) is 65.0 Å². The fourth-order valence-corrected chi connectivity index (χ4v) is 3.66. The predicted octanol–water partition coefficient (Wildman–Crippen LogP) is 4.25. The molecule has 4 N–H and O–H groups in total. The fourth-order valence-electron chi connectivity index (χ4n) is 3.66. The second-order valence-corrected chi connectivity index (χ2v) is 9.62. The molecule has 2 amide bonds. The van der Waals surface area contributed by atoms with Gasteiger partial charge in [0, 0.05) is 24.8 Å². The number of hydrogen-bond acceptors (Lipinski definition) is 7. The zero-order valence-corrected chi connectivity index (χ0v) is 20.0. The summed E-state index contributed by atoms with van der Waals surface area (Å²) in [7, 11) is 0. The van der Waals surface area contributed by atoms with Gasteiger partial charge in [-0.1, -0.05) is 26.0 Å². The lowest BCUT2D eigenvalue weighted by Crippen LogP contribution is -2.47. The number of carbonyl (C=O) groups excluding carboxylic acids is 2. The molecule has 1 aromatic heterocycles. The van der Waals surface area contributed by atoms with Crippen molar-refractivity contribution in [3.63, 3.8) is 0 Å². The Morgan fingerprint density at radius 1 is 1.18 bits per heavy atom. The SMILES string of the molecule is CC(C)c1ccc(NC(=O)c2c(N)ncnc2N[C@@H]2CCCN(C(=O)OC(C)(C)C)C2)cc1. The molecule has 1 aliphatic heterocycles. The van der Waals surface area contributed by atoms with Crippen LogP contribution in [-0.4, -0.2) is 51.6 Å². The van der Waals surface area contributed by atoms with Crippen LogP contribution in [0.2, 0.25) is 0 Å². The fraction of sp³-hybridized carbons (Fsp3) is 0.500. The van der Waals surface area contributed by atoms with E-state index in [-0.39, 0.29) is 23.5 Å². The third-order valence-electron chi connectivity index (χ3n) is 5.35. The van der Waals surface area contributed by atoms with E-state index in [0.29, 0.717) is 30.5 Å². The maximum atomic E-state index is 13.0. The molecule has 0 unspecified atom stereocenters. The summed E-state index contributed by atoms with van der Waals surface area (Å²) in [5.74, 6) is 0.436. The van der Waals surface area contributed by atoms with Crippen molar-refractivity contribution in [1.82, 2.24) is 14.9 Å². The quantitative estimate of drug-likeness (QED) is 0.617. The van der Waals surface area contributed by atoms with E-state index in [2.05, 4.69) is 34.4 Å².